The lowest BCUT2D eigenvalue weighted by molar-refractivity contribution is -0.918. The van der Waals surface area contributed by atoms with Crippen molar-refractivity contribution in [1.29, 1.82) is 0 Å². The largest absolute Gasteiger partial charge is 0.368 e. The van der Waals surface area contributed by atoms with E-state index < -0.39 is 28.4 Å². The molecular formula is C23H27ClN4O7S2. The number of pyridine rings is 1. The molecule has 3 heterocycles. The number of aromatic nitrogens is 1. The molecule has 0 saturated carbocycles. The molecule has 0 radical (unpaired) electrons. The Hall–Kier alpha value is -2.52. The molecule has 4 rings (SSSR count). The van der Waals surface area contributed by atoms with Crippen LogP contribution in [0.25, 0.3) is 0 Å². The number of aliphatic hydroxyl groups excluding tert-OH is 1. The van der Waals surface area contributed by atoms with Crippen molar-refractivity contribution in [2.75, 3.05) is 30.3 Å². The molecule has 1 aliphatic carbocycles. The molecule has 1 aromatic rings. The van der Waals surface area contributed by atoms with Gasteiger partial charge in [0.25, 0.3) is 10.1 Å². The maximum absolute atomic E-state index is 13.9. The number of quaternary nitrogens is 1. The van der Waals surface area contributed by atoms with Crippen molar-refractivity contribution in [3.05, 3.63) is 59.9 Å². The van der Waals surface area contributed by atoms with Crippen LogP contribution in [0.2, 0.25) is 0 Å². The molecule has 3 N–H and O–H groups in total. The lowest BCUT2D eigenvalue weighted by Crippen LogP contribution is -3.13. The number of nitrogens with one attached hydrogen (secondary N) is 1. The molecule has 0 spiro atoms. The van der Waals surface area contributed by atoms with Crippen molar-refractivity contribution >= 4 is 56.6 Å². The van der Waals surface area contributed by atoms with Crippen molar-refractivity contribution in [2.24, 2.45) is 0 Å². The smallest absolute Gasteiger partial charge is 0.333 e. The van der Waals surface area contributed by atoms with E-state index in [0.29, 0.717) is 35.5 Å². The predicted octanol–water partition coefficient (Wildman–Crippen LogP) is 0.124. The molecule has 1 fully saturated rings. The maximum Gasteiger partial charge on any atom is 0.333 e. The monoisotopic (exact) mass is 570 g/mol. The van der Waals surface area contributed by atoms with Crippen LogP contribution in [0.3, 0.4) is 0 Å². The number of unbranched alkanes of at least 4 members (excludes halogenated alkanes) is 1. The Morgan fingerprint density at radius 3 is 2.86 bits per heavy atom. The second-order valence-corrected chi connectivity index (χ2v) is 10.9. The summed E-state index contributed by atoms with van der Waals surface area (Å²) < 4.78 is 42.3. The van der Waals surface area contributed by atoms with E-state index in [1.54, 1.807) is 48.2 Å². The standard InChI is InChI=1S/C23H27ClN4O7S2/c1-15(29)34-12-11-27-21(22(30)28(23(27)36)18-6-2-3-9-25-18)19-16(24)7-8-17-20(19)26(14-35-17)10-4-5-13-37(31,32)33/h2-3,6-9,14-15,20,26,29H,4-5,10-13H2,1H3,(H,31,32,33). The van der Waals surface area contributed by atoms with E-state index in [1.807, 2.05) is 0 Å². The number of nitrogens with zero attached hydrogens (tertiary/aromatic N) is 3. The van der Waals surface area contributed by atoms with Crippen LogP contribution in [-0.2, 0) is 24.1 Å². The van der Waals surface area contributed by atoms with Gasteiger partial charge in [-0.05, 0) is 44.1 Å². The summed E-state index contributed by atoms with van der Waals surface area (Å²) in [6, 6.07) is 4.67. The van der Waals surface area contributed by atoms with Crippen LogP contribution in [-0.4, -0.2) is 82.5 Å². The summed E-state index contributed by atoms with van der Waals surface area (Å²) in [5, 5.41) is 10.1. The van der Waals surface area contributed by atoms with Gasteiger partial charge in [0.15, 0.2) is 17.2 Å². The molecule has 1 saturated heterocycles. The van der Waals surface area contributed by atoms with Crippen LogP contribution in [0.1, 0.15) is 19.8 Å². The van der Waals surface area contributed by atoms with E-state index in [2.05, 4.69) is 4.98 Å². The molecule has 0 aromatic carbocycles. The van der Waals surface area contributed by atoms with E-state index in [9.17, 15) is 18.3 Å². The van der Waals surface area contributed by atoms with Gasteiger partial charge in [0.1, 0.15) is 11.9 Å². The van der Waals surface area contributed by atoms with Crippen LogP contribution in [0, 0.1) is 12.1 Å². The third-order valence-electron chi connectivity index (χ3n) is 5.96. The van der Waals surface area contributed by atoms with Crippen LogP contribution in [0.4, 0.5) is 5.82 Å². The summed E-state index contributed by atoms with van der Waals surface area (Å²) in [4.78, 5) is 21.9. The van der Waals surface area contributed by atoms with E-state index in [4.69, 9.17) is 37.5 Å². The van der Waals surface area contributed by atoms with Gasteiger partial charge in [0.2, 0.25) is 5.91 Å². The van der Waals surface area contributed by atoms with Crippen LogP contribution >= 0.6 is 23.8 Å². The number of aliphatic hydroxyl groups is 1. The molecule has 37 heavy (non-hydrogen) atoms. The van der Waals surface area contributed by atoms with Crippen LogP contribution in [0.15, 0.2) is 47.8 Å². The molecule has 0 bridgehead atoms. The number of allylic oxidation sites excluding steroid dienone is 1. The molecule has 2 aliphatic heterocycles. The van der Waals surface area contributed by atoms with Gasteiger partial charge in [-0.1, -0.05) is 17.0 Å². The second kappa shape index (κ2) is 11.5. The average molecular weight is 571 g/mol. The summed E-state index contributed by atoms with van der Waals surface area (Å²) in [5.41, 5.74) is 0.747. The number of carbonyl (C=O) groups is 1. The summed E-state index contributed by atoms with van der Waals surface area (Å²) in [7, 11) is -4.05. The third kappa shape index (κ3) is 6.14. The fraction of sp³-hybridized carbons (Fsp3) is 0.391. The molecule has 1 aromatic heterocycles. The molecule has 3 unspecified atom stereocenters. The number of ketones is 1. The normalized spacial score (nSPS) is 24.4. The van der Waals surface area contributed by atoms with E-state index >= 15 is 0 Å². The van der Waals surface area contributed by atoms with Gasteiger partial charge in [-0.2, -0.15) is 26.1 Å². The number of hydrogen-bond donors (Lipinski definition) is 3. The molecule has 1 amide bonds. The zero-order chi connectivity index (χ0) is 26.7. The number of halogens is 1. The Morgan fingerprint density at radius 1 is 1.41 bits per heavy atom. The van der Waals surface area contributed by atoms with Crippen molar-refractivity contribution in [3.63, 3.8) is 0 Å². The zero-order valence-corrected chi connectivity index (χ0v) is 22.3. The highest BCUT2D eigenvalue weighted by atomic mass is 35.5. The second-order valence-electron chi connectivity index (χ2n) is 8.57. The van der Waals surface area contributed by atoms with E-state index in [0.717, 1.165) is 4.90 Å². The van der Waals surface area contributed by atoms with Gasteiger partial charge in [0.05, 0.1) is 18.9 Å². The first-order valence-electron chi connectivity index (χ1n) is 11.6. The molecule has 3 atom stereocenters. The third-order valence-corrected chi connectivity index (χ3v) is 7.50. The number of rotatable bonds is 10. The number of fused-ring (bicyclic) bond motifs is 1. The Morgan fingerprint density at radius 2 is 2.19 bits per heavy atom. The molecule has 11 nitrogen and oxygen atoms in total. The minimum Gasteiger partial charge on any atom is -0.368 e. The van der Waals surface area contributed by atoms with Gasteiger partial charge in [-0.15, -0.1) is 6.08 Å². The highest BCUT2D eigenvalue weighted by molar-refractivity contribution is 7.85. The van der Waals surface area contributed by atoms with E-state index in [1.165, 1.54) is 11.8 Å². The molecular weight excluding hydrogens is 544 g/mol. The number of hydrogen-bond acceptors (Lipinski definition) is 7. The van der Waals surface area contributed by atoms with Crippen molar-refractivity contribution in [3.8, 4) is 0 Å². The Bertz CT molecular complexity index is 1240. The first kappa shape index (κ1) is 27.5. The quantitative estimate of drug-likeness (QED) is 0.0681. The fourth-order valence-electron chi connectivity index (χ4n) is 4.37. The SMILES string of the molecule is CC(O)OCCN1C(=S)N(c2ccccn2)C(=O)C1=C1[C-](Cl)C=CC2=[O+][CH-][NH+](CCCCS(=O)(=O)O)C21. The van der Waals surface area contributed by atoms with Crippen molar-refractivity contribution in [1.82, 2.24) is 9.88 Å². The minimum absolute atomic E-state index is 0.0848. The highest BCUT2D eigenvalue weighted by Crippen LogP contribution is 2.37. The van der Waals surface area contributed by atoms with Gasteiger partial charge in [0, 0.05) is 18.4 Å². The Balaban J connectivity index is 1.70. The molecule has 14 heteroatoms. The minimum atomic E-state index is -4.05. The first-order chi connectivity index (χ1) is 17.6. The predicted molar refractivity (Wildman–Crippen MR) is 138 cm³/mol. The van der Waals surface area contributed by atoms with Crippen molar-refractivity contribution < 1.29 is 36.9 Å². The van der Waals surface area contributed by atoms with Gasteiger partial charge < -0.3 is 19.2 Å². The zero-order valence-electron chi connectivity index (χ0n) is 19.9. The summed E-state index contributed by atoms with van der Waals surface area (Å²) in [5.74, 6) is 0.171. The van der Waals surface area contributed by atoms with Crippen LogP contribution < -0.4 is 9.80 Å². The molecule has 200 valence electrons. The number of thiocarbonyl (C=S) groups is 1. The summed E-state index contributed by atoms with van der Waals surface area (Å²) in [6.45, 7) is 3.79. The Labute approximate surface area is 225 Å². The number of amides is 1. The summed E-state index contributed by atoms with van der Waals surface area (Å²) >= 11 is 12.4. The first-order valence-corrected chi connectivity index (χ1v) is 14.0. The average Bonchev–Trinajstić information content (AvgIpc) is 3.35. The Kier molecular flexibility index (Phi) is 8.53. The number of ether oxygens (including phenoxy) is 1. The number of anilines is 1. The van der Waals surface area contributed by atoms with E-state index in [-0.39, 0.29) is 36.1 Å². The van der Waals surface area contributed by atoms with Gasteiger partial charge in [-0.3, -0.25) is 14.2 Å². The van der Waals surface area contributed by atoms with Gasteiger partial charge in [-0.25, -0.2) is 9.88 Å². The fourth-order valence-corrected chi connectivity index (χ4v) is 5.56. The topological polar surface area (TPSA) is 136 Å². The number of carbonyl (C=O) groups excluding carboxylic acids is 2. The maximum atomic E-state index is 13.9. The van der Waals surface area contributed by atoms with Gasteiger partial charge >= 0.3 is 6.73 Å². The molecule has 3 aliphatic rings. The highest BCUT2D eigenvalue weighted by Gasteiger charge is 2.44. The lowest BCUT2D eigenvalue weighted by atomic mass is 9.90. The summed E-state index contributed by atoms with van der Waals surface area (Å²) in [6.07, 6.45) is 4.67. The van der Waals surface area contributed by atoms with Crippen LogP contribution in [0.5, 0.6) is 0 Å². The van der Waals surface area contributed by atoms with Crippen molar-refractivity contribution in [2.45, 2.75) is 32.1 Å². The lowest BCUT2D eigenvalue weighted by Gasteiger charge is -2.35.